The van der Waals surface area contributed by atoms with Gasteiger partial charge in [-0.1, -0.05) is 18.2 Å². The van der Waals surface area contributed by atoms with Crippen LogP contribution in [0.5, 0.6) is 0 Å². The van der Waals surface area contributed by atoms with Gasteiger partial charge in [0.15, 0.2) is 0 Å². The van der Waals surface area contributed by atoms with Crippen LogP contribution in [-0.2, 0) is 17.9 Å². The Labute approximate surface area is 175 Å². The van der Waals surface area contributed by atoms with Gasteiger partial charge in [-0.15, -0.1) is 11.3 Å². The monoisotopic (exact) mass is 409 g/mol. The van der Waals surface area contributed by atoms with E-state index in [4.69, 9.17) is 0 Å². The molecule has 2 aliphatic heterocycles. The maximum Gasteiger partial charge on any atom is 0.224 e. The predicted molar refractivity (Wildman–Crippen MR) is 115 cm³/mol. The van der Waals surface area contributed by atoms with Gasteiger partial charge < -0.3 is 4.90 Å². The van der Waals surface area contributed by atoms with Gasteiger partial charge in [0.25, 0.3) is 0 Å². The number of carbonyl (C=O) groups excluding carboxylic acids is 1. The summed E-state index contributed by atoms with van der Waals surface area (Å²) in [6, 6.07) is 11.4. The van der Waals surface area contributed by atoms with Crippen molar-refractivity contribution in [2.45, 2.75) is 44.8 Å². The van der Waals surface area contributed by atoms with E-state index in [2.05, 4.69) is 50.2 Å². The molecule has 2 aliphatic rings. The average molecular weight is 410 g/mol. The number of likely N-dealkylation sites (tertiary alicyclic amines) is 2. The quantitative estimate of drug-likeness (QED) is 0.648. The lowest BCUT2D eigenvalue weighted by molar-refractivity contribution is -0.138. The number of aromatic nitrogens is 3. The van der Waals surface area contributed by atoms with Crippen LogP contribution in [0.1, 0.15) is 30.6 Å². The first-order valence-corrected chi connectivity index (χ1v) is 11.4. The molecule has 0 radical (unpaired) electrons. The Morgan fingerprint density at radius 2 is 2.14 bits per heavy atom. The molecule has 2 fully saturated rings. The lowest BCUT2D eigenvalue weighted by Crippen LogP contribution is -2.55. The molecule has 2 atom stereocenters. The van der Waals surface area contributed by atoms with E-state index in [0.717, 1.165) is 39.0 Å². The van der Waals surface area contributed by atoms with Crippen molar-refractivity contribution in [2.24, 2.45) is 5.92 Å². The van der Waals surface area contributed by atoms with Gasteiger partial charge in [0.1, 0.15) is 12.7 Å². The van der Waals surface area contributed by atoms with Crippen LogP contribution in [-0.4, -0.2) is 56.1 Å². The standard InChI is InChI=1S/C22H27N5OS/c28-22(8-11-26-16-23-15-24-26)27-9-3-5-18-13-25(10-7-20(18)27)14-19-12-17-4-1-2-6-21(17)29-19/h1-2,4,6,12,15-16,18,20H,3,5,7-11,13-14H2/t18-,20+/m1/s1. The summed E-state index contributed by atoms with van der Waals surface area (Å²) < 4.78 is 3.12. The first-order chi connectivity index (χ1) is 14.3. The fraction of sp³-hybridized carbons (Fsp3) is 0.500. The van der Waals surface area contributed by atoms with E-state index in [1.165, 1.54) is 27.7 Å². The number of carbonyl (C=O) groups is 1. The van der Waals surface area contributed by atoms with Gasteiger partial charge in [0.2, 0.25) is 5.91 Å². The SMILES string of the molecule is O=C(CCn1cncn1)N1CCC[C@@H]2CN(Cc3cc4ccccc4s3)CC[C@@H]21. The summed E-state index contributed by atoms with van der Waals surface area (Å²) in [7, 11) is 0. The van der Waals surface area contributed by atoms with Crippen molar-refractivity contribution in [1.82, 2.24) is 24.6 Å². The second-order valence-corrected chi connectivity index (χ2v) is 9.41. The van der Waals surface area contributed by atoms with Gasteiger partial charge >= 0.3 is 0 Å². The highest BCUT2D eigenvalue weighted by Crippen LogP contribution is 2.33. The molecule has 1 aromatic carbocycles. The van der Waals surface area contributed by atoms with Gasteiger partial charge in [0, 0.05) is 48.2 Å². The third-order valence-corrected chi connectivity index (χ3v) is 7.45. The van der Waals surface area contributed by atoms with Gasteiger partial charge in [-0.25, -0.2) is 4.98 Å². The molecule has 0 N–H and O–H groups in total. The summed E-state index contributed by atoms with van der Waals surface area (Å²) in [6.45, 7) is 4.73. The van der Waals surface area contributed by atoms with Gasteiger partial charge in [-0.05, 0) is 42.7 Å². The van der Waals surface area contributed by atoms with E-state index in [9.17, 15) is 4.79 Å². The molecule has 2 saturated heterocycles. The number of hydrogen-bond donors (Lipinski definition) is 0. The fourth-order valence-corrected chi connectivity index (χ4v) is 6.08. The Morgan fingerprint density at radius 3 is 3.00 bits per heavy atom. The molecular weight excluding hydrogens is 382 g/mol. The lowest BCUT2D eigenvalue weighted by atomic mass is 9.83. The van der Waals surface area contributed by atoms with Crippen molar-refractivity contribution in [1.29, 1.82) is 0 Å². The van der Waals surface area contributed by atoms with Crippen molar-refractivity contribution in [2.75, 3.05) is 19.6 Å². The normalized spacial score (nSPS) is 22.7. The molecule has 0 spiro atoms. The smallest absolute Gasteiger partial charge is 0.224 e. The minimum atomic E-state index is 0.271. The number of thiophene rings is 1. The Bertz CT molecular complexity index is 936. The number of aryl methyl sites for hydroxylation is 1. The second-order valence-electron chi connectivity index (χ2n) is 8.24. The lowest BCUT2D eigenvalue weighted by Gasteiger charge is -2.47. The van der Waals surface area contributed by atoms with E-state index in [1.807, 2.05) is 11.3 Å². The number of benzene rings is 1. The summed E-state index contributed by atoms with van der Waals surface area (Å²) in [4.78, 5) is 23.0. The van der Waals surface area contributed by atoms with Crippen LogP contribution >= 0.6 is 11.3 Å². The van der Waals surface area contributed by atoms with E-state index in [0.29, 0.717) is 24.9 Å². The van der Waals surface area contributed by atoms with E-state index >= 15 is 0 Å². The number of piperidine rings is 2. The van der Waals surface area contributed by atoms with Crippen LogP contribution in [0, 0.1) is 5.92 Å². The van der Waals surface area contributed by atoms with Crippen LogP contribution in [0.3, 0.4) is 0 Å². The second kappa shape index (κ2) is 8.24. The van der Waals surface area contributed by atoms with Crippen molar-refractivity contribution >= 4 is 27.3 Å². The molecule has 0 unspecified atom stereocenters. The molecule has 3 aromatic rings. The highest BCUT2D eigenvalue weighted by atomic mass is 32.1. The van der Waals surface area contributed by atoms with Gasteiger partial charge in [-0.2, -0.15) is 5.10 Å². The summed E-state index contributed by atoms with van der Waals surface area (Å²) >= 11 is 1.91. The molecular formula is C22H27N5OS. The van der Waals surface area contributed by atoms with Crippen molar-refractivity contribution in [3.8, 4) is 0 Å². The summed E-state index contributed by atoms with van der Waals surface area (Å²) in [5.74, 6) is 0.871. The fourth-order valence-electron chi connectivity index (χ4n) is 4.97. The van der Waals surface area contributed by atoms with Crippen LogP contribution in [0.15, 0.2) is 43.0 Å². The Kier molecular flexibility index (Phi) is 5.33. The Balaban J connectivity index is 1.20. The third kappa shape index (κ3) is 4.07. The summed E-state index contributed by atoms with van der Waals surface area (Å²) in [5, 5.41) is 5.46. The first-order valence-electron chi connectivity index (χ1n) is 10.6. The van der Waals surface area contributed by atoms with Crippen molar-refractivity contribution in [3.63, 3.8) is 0 Å². The first kappa shape index (κ1) is 18.8. The Morgan fingerprint density at radius 1 is 1.21 bits per heavy atom. The predicted octanol–water partition coefficient (Wildman–Crippen LogP) is 3.40. The Hall–Kier alpha value is -2.25. The molecule has 0 bridgehead atoms. The number of rotatable bonds is 5. The minimum absolute atomic E-state index is 0.271. The molecule has 6 nitrogen and oxygen atoms in total. The van der Waals surface area contributed by atoms with E-state index in [1.54, 1.807) is 11.0 Å². The van der Waals surface area contributed by atoms with Crippen LogP contribution in [0.2, 0.25) is 0 Å². The molecule has 2 aromatic heterocycles. The molecule has 29 heavy (non-hydrogen) atoms. The molecule has 1 amide bonds. The van der Waals surface area contributed by atoms with Crippen molar-refractivity contribution in [3.05, 3.63) is 47.9 Å². The maximum absolute atomic E-state index is 12.9. The van der Waals surface area contributed by atoms with Crippen LogP contribution < -0.4 is 0 Å². The zero-order valence-electron chi connectivity index (χ0n) is 16.6. The van der Waals surface area contributed by atoms with Crippen LogP contribution in [0.25, 0.3) is 10.1 Å². The largest absolute Gasteiger partial charge is 0.339 e. The summed E-state index contributed by atoms with van der Waals surface area (Å²) in [6.07, 6.45) is 7.16. The third-order valence-electron chi connectivity index (χ3n) is 6.35. The number of fused-ring (bicyclic) bond motifs is 2. The molecule has 4 heterocycles. The van der Waals surface area contributed by atoms with E-state index in [-0.39, 0.29) is 5.91 Å². The number of hydrogen-bond acceptors (Lipinski definition) is 5. The topological polar surface area (TPSA) is 54.3 Å². The minimum Gasteiger partial charge on any atom is -0.339 e. The van der Waals surface area contributed by atoms with Gasteiger partial charge in [0.05, 0.1) is 6.54 Å². The average Bonchev–Trinajstić information content (AvgIpc) is 3.40. The van der Waals surface area contributed by atoms with Gasteiger partial charge in [-0.3, -0.25) is 14.4 Å². The highest BCUT2D eigenvalue weighted by Gasteiger charge is 2.37. The molecule has 152 valence electrons. The zero-order valence-corrected chi connectivity index (χ0v) is 17.4. The number of nitrogens with zero attached hydrogens (tertiary/aromatic N) is 5. The maximum atomic E-state index is 12.9. The van der Waals surface area contributed by atoms with Crippen molar-refractivity contribution < 1.29 is 4.79 Å². The molecule has 5 rings (SSSR count). The van der Waals surface area contributed by atoms with Crippen LogP contribution in [0.4, 0.5) is 0 Å². The number of amides is 1. The highest BCUT2D eigenvalue weighted by molar-refractivity contribution is 7.19. The molecule has 0 aliphatic carbocycles. The zero-order chi connectivity index (χ0) is 19.6. The molecule has 0 saturated carbocycles. The van der Waals surface area contributed by atoms with E-state index < -0.39 is 0 Å². The molecule has 7 heteroatoms. The summed E-state index contributed by atoms with van der Waals surface area (Å²) in [5.41, 5.74) is 0.